The predicted octanol–water partition coefficient (Wildman–Crippen LogP) is 7.46. The molecular weight excluding hydrogens is 308 g/mol. The molecule has 2 rings (SSSR count). The number of rotatable bonds is 6. The normalized spacial score (nSPS) is 10.3. The van der Waals surface area contributed by atoms with Gasteiger partial charge in [0.15, 0.2) is 0 Å². The van der Waals surface area contributed by atoms with E-state index in [0.717, 1.165) is 23.1 Å². The van der Waals surface area contributed by atoms with Crippen LogP contribution < -0.4 is 0 Å². The minimum atomic E-state index is 1.01. The van der Waals surface area contributed by atoms with E-state index in [1.807, 2.05) is 31.3 Å². The van der Waals surface area contributed by atoms with E-state index in [2.05, 4.69) is 63.9 Å². The number of allylic oxidation sites excluding steroid dienone is 3. The molecular formula is C23H26S. The van der Waals surface area contributed by atoms with E-state index in [4.69, 9.17) is 0 Å². The van der Waals surface area contributed by atoms with Gasteiger partial charge in [0.25, 0.3) is 0 Å². The lowest BCUT2D eigenvalue weighted by atomic mass is 9.99. The molecule has 0 fully saturated rings. The lowest BCUT2D eigenvalue weighted by Crippen LogP contribution is -1.86. The molecule has 0 amide bonds. The number of aryl methyl sites for hydroxylation is 2. The summed E-state index contributed by atoms with van der Waals surface area (Å²) in [6, 6.07) is 8.84. The molecule has 0 bridgehead atoms. The molecule has 124 valence electrons. The number of hydrogen-bond acceptors (Lipinski definition) is 1. The maximum Gasteiger partial charge on any atom is 0.0387 e. The van der Waals surface area contributed by atoms with Crippen LogP contribution in [0.5, 0.6) is 0 Å². The van der Waals surface area contributed by atoms with Crippen LogP contribution in [0, 0.1) is 6.92 Å². The molecule has 0 nitrogen and oxygen atoms in total. The van der Waals surface area contributed by atoms with Gasteiger partial charge in [0.05, 0.1) is 0 Å². The van der Waals surface area contributed by atoms with Crippen molar-refractivity contribution in [2.45, 2.75) is 34.1 Å². The SMILES string of the molecule is C=Cc1ccc(C)cc1-c1sc(C=C(C(=C)C)C(=C)C)cc1CC. The second kappa shape index (κ2) is 7.63. The van der Waals surface area contributed by atoms with Gasteiger partial charge >= 0.3 is 0 Å². The topological polar surface area (TPSA) is 0 Å². The molecule has 1 heteroatoms. The maximum absolute atomic E-state index is 4.08. The van der Waals surface area contributed by atoms with Crippen molar-refractivity contribution < 1.29 is 0 Å². The van der Waals surface area contributed by atoms with Crippen molar-refractivity contribution in [1.82, 2.24) is 0 Å². The highest BCUT2D eigenvalue weighted by Crippen LogP contribution is 2.38. The lowest BCUT2D eigenvalue weighted by Gasteiger charge is -2.08. The Balaban J connectivity index is 2.62. The third-order valence-corrected chi connectivity index (χ3v) is 5.25. The van der Waals surface area contributed by atoms with Crippen LogP contribution in [0.2, 0.25) is 0 Å². The second-order valence-electron chi connectivity index (χ2n) is 6.27. The summed E-state index contributed by atoms with van der Waals surface area (Å²) in [6.07, 6.45) is 5.16. The number of thiophene rings is 1. The molecule has 2 aromatic rings. The summed E-state index contributed by atoms with van der Waals surface area (Å²) in [5, 5.41) is 0. The minimum Gasteiger partial charge on any atom is -0.136 e. The summed E-state index contributed by atoms with van der Waals surface area (Å²) < 4.78 is 0. The maximum atomic E-state index is 4.08. The fourth-order valence-electron chi connectivity index (χ4n) is 2.81. The lowest BCUT2D eigenvalue weighted by molar-refractivity contribution is 1.16. The molecule has 0 saturated heterocycles. The van der Waals surface area contributed by atoms with Gasteiger partial charge in [0, 0.05) is 9.75 Å². The fraction of sp³-hybridized carbons (Fsp3) is 0.217. The molecule has 0 saturated carbocycles. The first-order valence-electron chi connectivity index (χ1n) is 8.27. The van der Waals surface area contributed by atoms with Gasteiger partial charge in [-0.15, -0.1) is 11.3 Å². The summed E-state index contributed by atoms with van der Waals surface area (Å²) in [6.45, 7) is 20.5. The first kappa shape index (κ1) is 18.2. The van der Waals surface area contributed by atoms with Gasteiger partial charge in [-0.2, -0.15) is 0 Å². The highest BCUT2D eigenvalue weighted by Gasteiger charge is 2.13. The Kier molecular flexibility index (Phi) is 5.80. The van der Waals surface area contributed by atoms with Crippen LogP contribution in [0.1, 0.15) is 42.3 Å². The summed E-state index contributed by atoms with van der Waals surface area (Å²) in [5.41, 5.74) is 8.36. The largest absolute Gasteiger partial charge is 0.136 e. The molecule has 0 aliphatic heterocycles. The van der Waals surface area contributed by atoms with Crippen LogP contribution in [0.3, 0.4) is 0 Å². The van der Waals surface area contributed by atoms with Crippen LogP contribution >= 0.6 is 11.3 Å². The Hall–Kier alpha value is -2.12. The Morgan fingerprint density at radius 1 is 1.12 bits per heavy atom. The first-order valence-corrected chi connectivity index (χ1v) is 9.08. The third-order valence-electron chi connectivity index (χ3n) is 4.09. The van der Waals surface area contributed by atoms with E-state index in [9.17, 15) is 0 Å². The van der Waals surface area contributed by atoms with Crippen LogP contribution in [0.25, 0.3) is 22.6 Å². The Morgan fingerprint density at radius 3 is 2.33 bits per heavy atom. The van der Waals surface area contributed by atoms with Gasteiger partial charge in [-0.1, -0.05) is 67.6 Å². The molecule has 1 heterocycles. The molecule has 0 atom stereocenters. The molecule has 1 aromatic carbocycles. The van der Waals surface area contributed by atoms with Crippen molar-refractivity contribution in [3.8, 4) is 10.4 Å². The van der Waals surface area contributed by atoms with Crippen molar-refractivity contribution in [3.05, 3.63) is 82.3 Å². The first-order chi connectivity index (χ1) is 11.4. The van der Waals surface area contributed by atoms with E-state index in [1.54, 1.807) is 0 Å². The van der Waals surface area contributed by atoms with Gasteiger partial charge in [0.2, 0.25) is 0 Å². The second-order valence-corrected chi connectivity index (χ2v) is 7.35. The van der Waals surface area contributed by atoms with Gasteiger partial charge < -0.3 is 0 Å². The van der Waals surface area contributed by atoms with E-state index < -0.39 is 0 Å². The smallest absolute Gasteiger partial charge is 0.0387 e. The highest BCUT2D eigenvalue weighted by atomic mass is 32.1. The summed E-state index contributed by atoms with van der Waals surface area (Å²) in [4.78, 5) is 2.59. The molecule has 0 radical (unpaired) electrons. The van der Waals surface area contributed by atoms with Crippen LogP contribution in [0.15, 0.2) is 60.7 Å². The number of hydrogen-bond donors (Lipinski definition) is 0. The van der Waals surface area contributed by atoms with Crippen molar-refractivity contribution >= 4 is 23.5 Å². The van der Waals surface area contributed by atoms with Crippen molar-refractivity contribution in [1.29, 1.82) is 0 Å². The van der Waals surface area contributed by atoms with Crippen LogP contribution in [-0.4, -0.2) is 0 Å². The van der Waals surface area contributed by atoms with Gasteiger partial charge in [-0.05, 0) is 61.6 Å². The zero-order valence-corrected chi connectivity index (χ0v) is 16.0. The molecule has 0 aliphatic carbocycles. The van der Waals surface area contributed by atoms with E-state index in [0.29, 0.717) is 0 Å². The zero-order valence-electron chi connectivity index (χ0n) is 15.2. The third kappa shape index (κ3) is 3.85. The average molecular weight is 335 g/mol. The van der Waals surface area contributed by atoms with Crippen molar-refractivity contribution in [3.63, 3.8) is 0 Å². The van der Waals surface area contributed by atoms with E-state index in [-0.39, 0.29) is 0 Å². The Labute approximate surface area is 150 Å². The fourth-order valence-corrected chi connectivity index (χ4v) is 4.04. The Morgan fingerprint density at radius 2 is 1.79 bits per heavy atom. The van der Waals surface area contributed by atoms with E-state index in [1.165, 1.54) is 32.0 Å². The molecule has 0 aliphatic rings. The molecule has 0 spiro atoms. The molecule has 1 aromatic heterocycles. The molecule has 24 heavy (non-hydrogen) atoms. The van der Waals surface area contributed by atoms with Crippen molar-refractivity contribution in [2.75, 3.05) is 0 Å². The van der Waals surface area contributed by atoms with Crippen LogP contribution in [-0.2, 0) is 6.42 Å². The van der Waals surface area contributed by atoms with Crippen LogP contribution in [0.4, 0.5) is 0 Å². The van der Waals surface area contributed by atoms with Gasteiger partial charge in [-0.3, -0.25) is 0 Å². The quantitative estimate of drug-likeness (QED) is 0.481. The summed E-state index contributed by atoms with van der Waals surface area (Å²) in [7, 11) is 0. The average Bonchev–Trinajstić information content (AvgIpc) is 2.94. The zero-order chi connectivity index (χ0) is 17.9. The molecule has 0 unspecified atom stereocenters. The predicted molar refractivity (Wildman–Crippen MR) is 112 cm³/mol. The Bertz CT molecular complexity index is 812. The number of benzene rings is 1. The standard InChI is InChI=1S/C23H26S/c1-8-18-11-10-17(7)12-22(18)23-19(9-2)13-20(24-23)14-21(15(3)4)16(5)6/h8,10-14H,1,3,5,9H2,2,4,6-7H3. The minimum absolute atomic E-state index is 1.01. The van der Waals surface area contributed by atoms with Gasteiger partial charge in [-0.25, -0.2) is 0 Å². The summed E-state index contributed by atoms with van der Waals surface area (Å²) in [5.74, 6) is 0. The van der Waals surface area contributed by atoms with Gasteiger partial charge in [0.1, 0.15) is 0 Å². The highest BCUT2D eigenvalue weighted by molar-refractivity contribution is 7.16. The monoisotopic (exact) mass is 334 g/mol. The van der Waals surface area contributed by atoms with Crippen molar-refractivity contribution in [2.24, 2.45) is 0 Å². The molecule has 0 N–H and O–H groups in total. The van der Waals surface area contributed by atoms with E-state index >= 15 is 0 Å². The summed E-state index contributed by atoms with van der Waals surface area (Å²) >= 11 is 1.83.